The fourth-order valence-corrected chi connectivity index (χ4v) is 7.18. The highest BCUT2D eigenvalue weighted by Gasteiger charge is 2.34. The van der Waals surface area contributed by atoms with E-state index in [0.717, 1.165) is 35.5 Å². The average Bonchev–Trinajstić information content (AvgIpc) is 2.79. The van der Waals surface area contributed by atoms with Gasteiger partial charge in [-0.05, 0) is 105 Å². The van der Waals surface area contributed by atoms with E-state index in [2.05, 4.69) is 37.3 Å². The van der Waals surface area contributed by atoms with Crippen LogP contribution >= 0.6 is 0 Å². The van der Waals surface area contributed by atoms with Crippen LogP contribution in [0.5, 0.6) is 0 Å². The summed E-state index contributed by atoms with van der Waals surface area (Å²) in [5, 5.41) is 0. The summed E-state index contributed by atoms with van der Waals surface area (Å²) in [6.07, 6.45) is 22.7. The predicted octanol–water partition coefficient (Wildman–Crippen LogP) is 8.76. The topological polar surface area (TPSA) is 0 Å². The van der Waals surface area contributed by atoms with Crippen molar-refractivity contribution in [2.45, 2.75) is 109 Å². The van der Waals surface area contributed by atoms with E-state index in [9.17, 15) is 0 Å². The molecule has 3 aliphatic rings. The molecule has 0 saturated heterocycles. The van der Waals surface area contributed by atoms with Crippen molar-refractivity contribution in [1.29, 1.82) is 0 Å². The van der Waals surface area contributed by atoms with Gasteiger partial charge in [-0.15, -0.1) is 0 Å². The molecule has 0 spiro atoms. The van der Waals surface area contributed by atoms with Gasteiger partial charge in [0.2, 0.25) is 0 Å². The molecule has 3 fully saturated rings. The molecule has 0 heteroatoms. The molecule has 0 aliphatic heterocycles. The smallest absolute Gasteiger partial charge is 0.0162 e. The molecule has 0 bridgehead atoms. The fourth-order valence-electron chi connectivity index (χ4n) is 7.18. The second-order valence-corrected chi connectivity index (χ2v) is 10.6. The first-order valence-electron chi connectivity index (χ1n) is 12.9. The van der Waals surface area contributed by atoms with E-state index < -0.39 is 0 Å². The third kappa shape index (κ3) is 5.22. The molecule has 0 heterocycles. The lowest BCUT2D eigenvalue weighted by molar-refractivity contribution is 0.108. The van der Waals surface area contributed by atoms with Gasteiger partial charge in [0.15, 0.2) is 0 Å². The Morgan fingerprint density at radius 3 is 1.57 bits per heavy atom. The molecule has 28 heavy (non-hydrogen) atoms. The Labute approximate surface area is 174 Å². The van der Waals surface area contributed by atoms with Crippen LogP contribution in [0.4, 0.5) is 0 Å². The molecular formula is C28H44. The zero-order valence-corrected chi connectivity index (χ0v) is 18.5. The van der Waals surface area contributed by atoms with Gasteiger partial charge >= 0.3 is 0 Å². The van der Waals surface area contributed by atoms with Gasteiger partial charge in [-0.3, -0.25) is 0 Å². The molecule has 0 aromatic heterocycles. The average molecular weight is 381 g/mol. The molecule has 1 aromatic carbocycles. The van der Waals surface area contributed by atoms with Crippen molar-refractivity contribution in [3.63, 3.8) is 0 Å². The molecule has 156 valence electrons. The van der Waals surface area contributed by atoms with E-state index in [0.29, 0.717) is 0 Å². The third-order valence-electron chi connectivity index (χ3n) is 9.05. The minimum Gasteiger partial charge on any atom is -0.0654 e. The van der Waals surface area contributed by atoms with Gasteiger partial charge in [-0.25, -0.2) is 0 Å². The van der Waals surface area contributed by atoms with E-state index in [-0.39, 0.29) is 0 Å². The van der Waals surface area contributed by atoms with Crippen molar-refractivity contribution in [1.82, 2.24) is 0 Å². The predicted molar refractivity (Wildman–Crippen MR) is 122 cm³/mol. The van der Waals surface area contributed by atoms with E-state index in [1.165, 1.54) is 44.9 Å². The van der Waals surface area contributed by atoms with Crippen LogP contribution in [0.15, 0.2) is 30.3 Å². The molecule has 4 rings (SSSR count). The standard InChI is InChI=1S/C28H44/c1-2-3-7-22-10-12-24(13-11-22)26-18-20-28(21-19-26)27-16-14-25(15-17-27)23-8-5-4-6-9-23/h4-6,8-9,22,24-28H,2-3,7,10-21H2,1H3. The van der Waals surface area contributed by atoms with Crippen LogP contribution in [0.1, 0.15) is 115 Å². The Bertz CT molecular complexity index is 537. The van der Waals surface area contributed by atoms with Crippen LogP contribution < -0.4 is 0 Å². The number of rotatable bonds is 6. The Balaban J connectivity index is 1.17. The summed E-state index contributed by atoms with van der Waals surface area (Å²) in [4.78, 5) is 0. The Morgan fingerprint density at radius 2 is 1.07 bits per heavy atom. The van der Waals surface area contributed by atoms with Crippen molar-refractivity contribution in [2.24, 2.45) is 29.6 Å². The van der Waals surface area contributed by atoms with Crippen LogP contribution in [0.2, 0.25) is 0 Å². The molecule has 3 saturated carbocycles. The van der Waals surface area contributed by atoms with Gasteiger partial charge < -0.3 is 0 Å². The summed E-state index contributed by atoms with van der Waals surface area (Å²) in [6, 6.07) is 11.3. The van der Waals surface area contributed by atoms with Crippen LogP contribution in [0.25, 0.3) is 0 Å². The largest absolute Gasteiger partial charge is 0.0654 e. The zero-order chi connectivity index (χ0) is 19.2. The zero-order valence-electron chi connectivity index (χ0n) is 18.5. The summed E-state index contributed by atoms with van der Waals surface area (Å²) in [6.45, 7) is 2.35. The van der Waals surface area contributed by atoms with Gasteiger partial charge in [0, 0.05) is 0 Å². The first kappa shape index (κ1) is 20.5. The highest BCUT2D eigenvalue weighted by atomic mass is 14.4. The summed E-state index contributed by atoms with van der Waals surface area (Å²) < 4.78 is 0. The van der Waals surface area contributed by atoms with E-state index >= 15 is 0 Å². The molecule has 3 aliphatic carbocycles. The molecule has 0 nitrogen and oxygen atoms in total. The van der Waals surface area contributed by atoms with E-state index in [4.69, 9.17) is 0 Å². The summed E-state index contributed by atoms with van der Waals surface area (Å²) >= 11 is 0. The molecular weight excluding hydrogens is 336 g/mol. The third-order valence-corrected chi connectivity index (χ3v) is 9.05. The van der Waals surface area contributed by atoms with Crippen LogP contribution in [0.3, 0.4) is 0 Å². The normalized spacial score (nSPS) is 36.9. The molecule has 0 radical (unpaired) electrons. The Kier molecular flexibility index (Phi) is 7.54. The summed E-state index contributed by atoms with van der Waals surface area (Å²) in [5.41, 5.74) is 1.60. The van der Waals surface area contributed by atoms with Gasteiger partial charge in [0.05, 0.1) is 0 Å². The highest BCUT2D eigenvalue weighted by Crippen LogP contribution is 2.47. The van der Waals surface area contributed by atoms with Crippen LogP contribution in [0, 0.1) is 29.6 Å². The molecule has 0 N–H and O–H groups in total. The minimum atomic E-state index is 0.844. The number of hydrogen-bond donors (Lipinski definition) is 0. The maximum Gasteiger partial charge on any atom is -0.0162 e. The lowest BCUT2D eigenvalue weighted by Gasteiger charge is -2.41. The highest BCUT2D eigenvalue weighted by molar-refractivity contribution is 5.19. The Hall–Kier alpha value is -0.780. The maximum atomic E-state index is 2.35. The summed E-state index contributed by atoms with van der Waals surface area (Å²) in [5.74, 6) is 6.21. The minimum absolute atomic E-state index is 0.844. The van der Waals surface area contributed by atoms with Crippen LogP contribution in [-0.4, -0.2) is 0 Å². The van der Waals surface area contributed by atoms with Gasteiger partial charge in [-0.1, -0.05) is 69.4 Å². The molecule has 0 unspecified atom stereocenters. The number of hydrogen-bond acceptors (Lipinski definition) is 0. The monoisotopic (exact) mass is 380 g/mol. The van der Waals surface area contributed by atoms with E-state index in [1.54, 1.807) is 56.9 Å². The summed E-state index contributed by atoms with van der Waals surface area (Å²) in [7, 11) is 0. The molecule has 1 aromatic rings. The van der Waals surface area contributed by atoms with Gasteiger partial charge in [0.25, 0.3) is 0 Å². The quantitative estimate of drug-likeness (QED) is 0.462. The SMILES string of the molecule is CCCCC1CCC(C2CCC(C3CCC(c4ccccc4)CC3)CC2)CC1. The van der Waals surface area contributed by atoms with Crippen molar-refractivity contribution < 1.29 is 0 Å². The Morgan fingerprint density at radius 1 is 0.607 bits per heavy atom. The number of unbranched alkanes of at least 4 members (excludes halogenated alkanes) is 1. The van der Waals surface area contributed by atoms with Crippen molar-refractivity contribution in [3.8, 4) is 0 Å². The molecule has 0 amide bonds. The second-order valence-electron chi connectivity index (χ2n) is 10.6. The van der Waals surface area contributed by atoms with Crippen molar-refractivity contribution in [3.05, 3.63) is 35.9 Å². The van der Waals surface area contributed by atoms with Crippen LogP contribution in [-0.2, 0) is 0 Å². The number of benzene rings is 1. The van der Waals surface area contributed by atoms with Gasteiger partial charge in [-0.2, -0.15) is 0 Å². The van der Waals surface area contributed by atoms with E-state index in [1.807, 2.05) is 0 Å². The fraction of sp³-hybridized carbons (Fsp3) is 0.786. The van der Waals surface area contributed by atoms with Gasteiger partial charge in [0.1, 0.15) is 0 Å². The maximum absolute atomic E-state index is 2.35. The van der Waals surface area contributed by atoms with Crippen molar-refractivity contribution >= 4 is 0 Å². The first-order chi connectivity index (χ1) is 13.8. The lowest BCUT2D eigenvalue weighted by Crippen LogP contribution is -2.29. The first-order valence-corrected chi connectivity index (χ1v) is 12.9. The second kappa shape index (κ2) is 10.3. The van der Waals surface area contributed by atoms with Crippen molar-refractivity contribution in [2.75, 3.05) is 0 Å². The lowest BCUT2D eigenvalue weighted by atomic mass is 9.64. The molecule has 0 atom stereocenters.